The average Bonchev–Trinajstić information content (AvgIpc) is 3.23. The van der Waals surface area contributed by atoms with Gasteiger partial charge in [-0.25, -0.2) is 9.37 Å². The number of nitrogens with zero attached hydrogens (tertiary/aromatic N) is 3. The molecule has 1 amide bonds. The fourth-order valence-electron chi connectivity index (χ4n) is 4.10. The number of carbonyl (C=O) groups excluding carboxylic acids is 1. The van der Waals surface area contributed by atoms with Crippen molar-refractivity contribution in [2.24, 2.45) is 0 Å². The summed E-state index contributed by atoms with van der Waals surface area (Å²) in [6.45, 7) is 4.42. The van der Waals surface area contributed by atoms with E-state index in [-0.39, 0.29) is 18.1 Å². The van der Waals surface area contributed by atoms with Gasteiger partial charge in [-0.15, -0.1) is 0 Å². The van der Waals surface area contributed by atoms with Gasteiger partial charge in [0, 0.05) is 26.2 Å². The fourth-order valence-corrected chi connectivity index (χ4v) is 5.13. The van der Waals surface area contributed by atoms with Crippen molar-refractivity contribution in [3.63, 3.8) is 0 Å². The maximum atomic E-state index is 13.7. The lowest BCUT2D eigenvalue weighted by Gasteiger charge is -2.29. The van der Waals surface area contributed by atoms with Crippen LogP contribution < -0.4 is 4.90 Å². The summed E-state index contributed by atoms with van der Waals surface area (Å²) < 4.78 is 19.9. The van der Waals surface area contributed by atoms with Crippen molar-refractivity contribution in [3.05, 3.63) is 72.0 Å². The Hall–Kier alpha value is -2.87. The molecule has 0 aliphatic carbocycles. The standard InChI is InChI=1S/C25H24FN3O2S/c26-20-8-9-22-23(17-20)32-25(27-22)29(11-10-28-12-14-31-15-13-28)24(30)16-19-6-3-5-18-4-1-2-7-21(18)19/h1-9,17H,10-16H2. The van der Waals surface area contributed by atoms with Crippen molar-refractivity contribution in [2.45, 2.75) is 6.42 Å². The number of hydrogen-bond donors (Lipinski definition) is 0. The predicted molar refractivity (Wildman–Crippen MR) is 127 cm³/mol. The van der Waals surface area contributed by atoms with Crippen LogP contribution in [0.15, 0.2) is 60.7 Å². The number of rotatable bonds is 6. The molecule has 1 aliphatic rings. The van der Waals surface area contributed by atoms with Crippen molar-refractivity contribution < 1.29 is 13.9 Å². The van der Waals surface area contributed by atoms with Gasteiger partial charge in [0.15, 0.2) is 5.13 Å². The molecule has 1 aliphatic heterocycles. The number of halogens is 1. The van der Waals surface area contributed by atoms with Gasteiger partial charge in [-0.3, -0.25) is 14.6 Å². The number of ether oxygens (including phenoxy) is 1. The molecule has 0 unspecified atom stereocenters. The first-order chi connectivity index (χ1) is 15.7. The largest absolute Gasteiger partial charge is 0.379 e. The van der Waals surface area contributed by atoms with Crippen LogP contribution in [0.2, 0.25) is 0 Å². The van der Waals surface area contributed by atoms with E-state index in [1.807, 2.05) is 24.3 Å². The second-order valence-corrected chi connectivity index (χ2v) is 8.93. The SMILES string of the molecule is O=C(Cc1cccc2ccccc12)N(CCN1CCOCC1)c1nc2ccc(F)cc2s1. The molecular formula is C25H24FN3O2S. The first-order valence-corrected chi connectivity index (χ1v) is 11.6. The molecule has 0 bridgehead atoms. The topological polar surface area (TPSA) is 45.7 Å². The minimum Gasteiger partial charge on any atom is -0.379 e. The highest BCUT2D eigenvalue weighted by Crippen LogP contribution is 2.30. The molecule has 0 radical (unpaired) electrons. The third-order valence-electron chi connectivity index (χ3n) is 5.84. The molecule has 5 nitrogen and oxygen atoms in total. The van der Waals surface area contributed by atoms with Crippen LogP contribution in [0, 0.1) is 5.82 Å². The van der Waals surface area contributed by atoms with Crippen LogP contribution in [0.3, 0.4) is 0 Å². The highest BCUT2D eigenvalue weighted by atomic mass is 32.1. The Labute approximate surface area is 190 Å². The number of aromatic nitrogens is 1. The Bertz CT molecular complexity index is 1250. The molecule has 4 aromatic rings. The van der Waals surface area contributed by atoms with Crippen LogP contribution >= 0.6 is 11.3 Å². The molecule has 5 rings (SSSR count). The average molecular weight is 450 g/mol. The smallest absolute Gasteiger partial charge is 0.233 e. The molecule has 7 heteroatoms. The monoisotopic (exact) mass is 449 g/mol. The molecule has 32 heavy (non-hydrogen) atoms. The van der Waals surface area contributed by atoms with Gasteiger partial charge in [-0.2, -0.15) is 0 Å². The number of anilines is 1. The number of benzene rings is 3. The zero-order valence-corrected chi connectivity index (χ0v) is 18.5. The quantitative estimate of drug-likeness (QED) is 0.435. The summed E-state index contributed by atoms with van der Waals surface area (Å²) in [5.41, 5.74) is 1.71. The van der Waals surface area contributed by atoms with Crippen molar-refractivity contribution in [1.29, 1.82) is 0 Å². The number of fused-ring (bicyclic) bond motifs is 2. The summed E-state index contributed by atoms with van der Waals surface area (Å²) in [5.74, 6) is -0.302. The zero-order valence-electron chi connectivity index (χ0n) is 17.7. The van der Waals surface area contributed by atoms with Crippen molar-refractivity contribution in [1.82, 2.24) is 9.88 Å². The molecule has 0 spiro atoms. The van der Waals surface area contributed by atoms with Crippen LogP contribution in [0.25, 0.3) is 21.0 Å². The minimum atomic E-state index is -0.297. The Balaban J connectivity index is 1.44. The summed E-state index contributed by atoms with van der Waals surface area (Å²) in [5, 5.41) is 2.82. The number of hydrogen-bond acceptors (Lipinski definition) is 5. The van der Waals surface area contributed by atoms with E-state index in [1.165, 1.54) is 23.5 Å². The number of morpholine rings is 1. The summed E-state index contributed by atoms with van der Waals surface area (Å²) in [6.07, 6.45) is 0.286. The van der Waals surface area contributed by atoms with Crippen LogP contribution in [-0.2, 0) is 16.0 Å². The first kappa shape index (κ1) is 21.0. The maximum Gasteiger partial charge on any atom is 0.233 e. The first-order valence-electron chi connectivity index (χ1n) is 10.8. The number of carbonyl (C=O) groups is 1. The van der Waals surface area contributed by atoms with Gasteiger partial charge >= 0.3 is 0 Å². The summed E-state index contributed by atoms with van der Waals surface area (Å²) >= 11 is 1.36. The molecule has 1 saturated heterocycles. The van der Waals surface area contributed by atoms with E-state index < -0.39 is 0 Å². The molecule has 1 aromatic heterocycles. The Morgan fingerprint density at radius 2 is 1.91 bits per heavy atom. The van der Waals surface area contributed by atoms with Gasteiger partial charge in [-0.05, 0) is 34.5 Å². The van der Waals surface area contributed by atoms with E-state index in [0.29, 0.717) is 30.4 Å². The Kier molecular flexibility index (Phi) is 6.12. The van der Waals surface area contributed by atoms with Gasteiger partial charge in [0.05, 0.1) is 29.9 Å². The lowest BCUT2D eigenvalue weighted by atomic mass is 10.0. The van der Waals surface area contributed by atoms with Gasteiger partial charge in [0.25, 0.3) is 0 Å². The van der Waals surface area contributed by atoms with Gasteiger partial charge in [-0.1, -0.05) is 53.8 Å². The summed E-state index contributed by atoms with van der Waals surface area (Å²) in [6, 6.07) is 18.7. The molecule has 3 aromatic carbocycles. The Morgan fingerprint density at radius 1 is 1.09 bits per heavy atom. The number of thiazole rings is 1. The molecule has 164 valence electrons. The zero-order chi connectivity index (χ0) is 21.9. The molecular weight excluding hydrogens is 425 g/mol. The van der Waals surface area contributed by atoms with E-state index in [0.717, 1.165) is 40.7 Å². The molecule has 0 saturated carbocycles. The highest BCUT2D eigenvalue weighted by Gasteiger charge is 2.22. The second kappa shape index (κ2) is 9.32. The predicted octanol–water partition coefficient (Wildman–Crippen LogP) is 4.50. The van der Waals surface area contributed by atoms with E-state index in [2.05, 4.69) is 28.1 Å². The van der Waals surface area contributed by atoms with Gasteiger partial charge in [0.2, 0.25) is 5.91 Å². The van der Waals surface area contributed by atoms with Crippen LogP contribution in [0.4, 0.5) is 9.52 Å². The molecule has 0 N–H and O–H groups in total. The molecule has 0 atom stereocenters. The number of amides is 1. The normalized spacial score (nSPS) is 14.8. The third kappa shape index (κ3) is 4.50. The third-order valence-corrected chi connectivity index (χ3v) is 6.88. The lowest BCUT2D eigenvalue weighted by Crippen LogP contribution is -2.43. The summed E-state index contributed by atoms with van der Waals surface area (Å²) in [4.78, 5) is 22.3. The van der Waals surface area contributed by atoms with Gasteiger partial charge in [0.1, 0.15) is 5.82 Å². The van der Waals surface area contributed by atoms with E-state index >= 15 is 0 Å². The minimum absolute atomic E-state index is 0.00543. The molecule has 2 heterocycles. The lowest BCUT2D eigenvalue weighted by molar-refractivity contribution is -0.118. The van der Waals surface area contributed by atoms with Crippen molar-refractivity contribution in [3.8, 4) is 0 Å². The van der Waals surface area contributed by atoms with E-state index in [4.69, 9.17) is 4.74 Å². The van der Waals surface area contributed by atoms with Crippen LogP contribution in [-0.4, -0.2) is 55.2 Å². The molecule has 1 fully saturated rings. The van der Waals surface area contributed by atoms with E-state index in [1.54, 1.807) is 11.0 Å². The van der Waals surface area contributed by atoms with Crippen LogP contribution in [0.1, 0.15) is 5.56 Å². The van der Waals surface area contributed by atoms with Crippen molar-refractivity contribution >= 4 is 43.4 Å². The Morgan fingerprint density at radius 3 is 2.78 bits per heavy atom. The highest BCUT2D eigenvalue weighted by molar-refractivity contribution is 7.22. The second-order valence-electron chi connectivity index (χ2n) is 7.92. The summed E-state index contributed by atoms with van der Waals surface area (Å²) in [7, 11) is 0. The van der Waals surface area contributed by atoms with Crippen molar-refractivity contribution in [2.75, 3.05) is 44.3 Å². The van der Waals surface area contributed by atoms with E-state index in [9.17, 15) is 9.18 Å². The van der Waals surface area contributed by atoms with Gasteiger partial charge < -0.3 is 4.74 Å². The maximum absolute atomic E-state index is 13.7. The van der Waals surface area contributed by atoms with Crippen LogP contribution in [0.5, 0.6) is 0 Å². The fraction of sp³-hybridized carbons (Fsp3) is 0.280.